The minimum atomic E-state index is -0.733. The van der Waals surface area contributed by atoms with Gasteiger partial charge in [-0.05, 0) is 0 Å². The normalized spacial score (nSPS) is 12.6. The standard InChI is InChI=1S/C6H13NO3/c1-5(3-9-2)4-10-6(7)8/h5H,3-4H2,1-2H3,(H2,7,8). The number of ether oxygens (including phenoxy) is 2. The maximum Gasteiger partial charge on any atom is 0.404 e. The topological polar surface area (TPSA) is 61.6 Å². The van der Waals surface area contributed by atoms with E-state index < -0.39 is 6.09 Å². The molecule has 4 nitrogen and oxygen atoms in total. The Morgan fingerprint density at radius 3 is 2.60 bits per heavy atom. The Kier molecular flexibility index (Phi) is 4.66. The van der Waals surface area contributed by atoms with E-state index in [0.29, 0.717) is 13.2 Å². The molecule has 0 bridgehead atoms. The molecule has 0 saturated heterocycles. The van der Waals surface area contributed by atoms with Gasteiger partial charge in [-0.15, -0.1) is 0 Å². The monoisotopic (exact) mass is 147 g/mol. The van der Waals surface area contributed by atoms with Crippen molar-refractivity contribution in [2.75, 3.05) is 20.3 Å². The van der Waals surface area contributed by atoms with Crippen molar-refractivity contribution in [2.24, 2.45) is 11.7 Å². The molecule has 0 heterocycles. The lowest BCUT2D eigenvalue weighted by atomic mass is 10.2. The van der Waals surface area contributed by atoms with Crippen molar-refractivity contribution in [1.82, 2.24) is 0 Å². The fraction of sp³-hybridized carbons (Fsp3) is 0.833. The molecule has 0 rings (SSSR count). The maximum atomic E-state index is 10.1. The number of hydrogen-bond acceptors (Lipinski definition) is 3. The number of amides is 1. The molecule has 0 aromatic heterocycles. The number of hydrogen-bond donors (Lipinski definition) is 1. The van der Waals surface area contributed by atoms with Gasteiger partial charge in [0.2, 0.25) is 0 Å². The van der Waals surface area contributed by atoms with Gasteiger partial charge < -0.3 is 15.2 Å². The van der Waals surface area contributed by atoms with Crippen molar-refractivity contribution in [2.45, 2.75) is 6.92 Å². The molecule has 0 aliphatic rings. The van der Waals surface area contributed by atoms with Crippen molar-refractivity contribution >= 4 is 6.09 Å². The Morgan fingerprint density at radius 1 is 1.60 bits per heavy atom. The van der Waals surface area contributed by atoms with Crippen LogP contribution in [0.2, 0.25) is 0 Å². The Labute approximate surface area is 60.3 Å². The minimum absolute atomic E-state index is 0.206. The number of nitrogens with two attached hydrogens (primary N) is 1. The van der Waals surface area contributed by atoms with Gasteiger partial charge in [0.15, 0.2) is 0 Å². The number of rotatable bonds is 4. The first-order valence-electron chi connectivity index (χ1n) is 3.08. The SMILES string of the molecule is COCC(C)COC(N)=O. The van der Waals surface area contributed by atoms with E-state index in [4.69, 9.17) is 10.5 Å². The molecule has 1 atom stereocenters. The quantitative estimate of drug-likeness (QED) is 0.624. The second kappa shape index (κ2) is 5.05. The molecule has 1 unspecified atom stereocenters. The van der Waals surface area contributed by atoms with Gasteiger partial charge in [0.25, 0.3) is 0 Å². The summed E-state index contributed by atoms with van der Waals surface area (Å²) >= 11 is 0. The zero-order valence-electron chi connectivity index (χ0n) is 6.29. The van der Waals surface area contributed by atoms with E-state index in [1.54, 1.807) is 7.11 Å². The van der Waals surface area contributed by atoms with Crippen LogP contribution in [-0.4, -0.2) is 26.4 Å². The van der Waals surface area contributed by atoms with Gasteiger partial charge in [0, 0.05) is 13.0 Å². The van der Waals surface area contributed by atoms with E-state index in [0.717, 1.165) is 0 Å². The lowest BCUT2D eigenvalue weighted by molar-refractivity contribution is 0.0968. The first-order valence-corrected chi connectivity index (χ1v) is 3.08. The number of carbonyl (C=O) groups excluding carboxylic acids is 1. The minimum Gasteiger partial charge on any atom is -0.449 e. The molecule has 0 radical (unpaired) electrons. The summed E-state index contributed by atoms with van der Waals surface area (Å²) in [7, 11) is 1.60. The summed E-state index contributed by atoms with van der Waals surface area (Å²) in [5.74, 6) is 0.206. The third-order valence-electron chi connectivity index (χ3n) is 0.961. The highest BCUT2D eigenvalue weighted by molar-refractivity contribution is 5.64. The predicted molar refractivity (Wildman–Crippen MR) is 36.6 cm³/mol. The molecular formula is C6H13NO3. The van der Waals surface area contributed by atoms with Crippen LogP contribution in [0.15, 0.2) is 0 Å². The molecule has 0 saturated carbocycles. The van der Waals surface area contributed by atoms with E-state index in [-0.39, 0.29) is 5.92 Å². The second-order valence-corrected chi connectivity index (χ2v) is 2.19. The summed E-state index contributed by atoms with van der Waals surface area (Å²) in [6.45, 7) is 2.81. The molecule has 0 fully saturated rings. The van der Waals surface area contributed by atoms with E-state index in [9.17, 15) is 4.79 Å². The van der Waals surface area contributed by atoms with Crippen LogP contribution in [0.3, 0.4) is 0 Å². The van der Waals surface area contributed by atoms with Crippen LogP contribution in [0.5, 0.6) is 0 Å². The lowest BCUT2D eigenvalue weighted by Crippen LogP contribution is -2.19. The smallest absolute Gasteiger partial charge is 0.404 e. The van der Waals surface area contributed by atoms with E-state index in [1.165, 1.54) is 0 Å². The number of carbonyl (C=O) groups is 1. The molecule has 0 aromatic rings. The van der Waals surface area contributed by atoms with E-state index in [1.807, 2.05) is 6.92 Å². The highest BCUT2D eigenvalue weighted by Crippen LogP contribution is 1.94. The van der Waals surface area contributed by atoms with Crippen LogP contribution >= 0.6 is 0 Å². The Balaban J connectivity index is 3.21. The van der Waals surface area contributed by atoms with E-state index in [2.05, 4.69) is 4.74 Å². The molecule has 1 amide bonds. The average Bonchev–Trinajstić information content (AvgIpc) is 1.85. The van der Waals surface area contributed by atoms with Crippen LogP contribution in [-0.2, 0) is 9.47 Å². The lowest BCUT2D eigenvalue weighted by Gasteiger charge is -2.08. The molecule has 10 heavy (non-hydrogen) atoms. The van der Waals surface area contributed by atoms with Crippen molar-refractivity contribution in [1.29, 1.82) is 0 Å². The zero-order valence-corrected chi connectivity index (χ0v) is 6.29. The Bertz CT molecular complexity index is 105. The molecule has 2 N–H and O–H groups in total. The van der Waals surface area contributed by atoms with Crippen molar-refractivity contribution in [3.05, 3.63) is 0 Å². The molecule has 0 spiro atoms. The molecule has 0 aliphatic heterocycles. The van der Waals surface area contributed by atoms with Gasteiger partial charge in [-0.3, -0.25) is 0 Å². The van der Waals surface area contributed by atoms with Crippen LogP contribution in [0.4, 0.5) is 4.79 Å². The van der Waals surface area contributed by atoms with Gasteiger partial charge in [-0.2, -0.15) is 0 Å². The summed E-state index contributed by atoms with van der Waals surface area (Å²) in [5.41, 5.74) is 4.73. The summed E-state index contributed by atoms with van der Waals surface area (Å²) in [6, 6.07) is 0. The fourth-order valence-corrected chi connectivity index (χ4v) is 0.557. The molecular weight excluding hydrogens is 134 g/mol. The van der Waals surface area contributed by atoms with Crippen molar-refractivity contribution in [3.8, 4) is 0 Å². The Morgan fingerprint density at radius 2 is 2.20 bits per heavy atom. The first kappa shape index (κ1) is 9.23. The van der Waals surface area contributed by atoms with Crippen molar-refractivity contribution in [3.63, 3.8) is 0 Å². The average molecular weight is 147 g/mol. The maximum absolute atomic E-state index is 10.1. The third kappa shape index (κ3) is 5.37. The highest BCUT2D eigenvalue weighted by atomic mass is 16.5. The summed E-state index contributed by atoms with van der Waals surface area (Å²) < 4.78 is 9.32. The van der Waals surface area contributed by atoms with Gasteiger partial charge in [-0.1, -0.05) is 6.92 Å². The largest absolute Gasteiger partial charge is 0.449 e. The molecule has 4 heteroatoms. The highest BCUT2D eigenvalue weighted by Gasteiger charge is 2.02. The summed E-state index contributed by atoms with van der Waals surface area (Å²) in [5, 5.41) is 0. The second-order valence-electron chi connectivity index (χ2n) is 2.19. The summed E-state index contributed by atoms with van der Waals surface area (Å²) in [6.07, 6.45) is -0.733. The van der Waals surface area contributed by atoms with Crippen LogP contribution < -0.4 is 5.73 Å². The van der Waals surface area contributed by atoms with Crippen molar-refractivity contribution < 1.29 is 14.3 Å². The van der Waals surface area contributed by atoms with Gasteiger partial charge >= 0.3 is 6.09 Å². The molecule has 0 aliphatic carbocycles. The summed E-state index contributed by atoms with van der Waals surface area (Å²) in [4.78, 5) is 10.1. The predicted octanol–water partition coefficient (Wildman–Crippen LogP) is 0.364. The van der Waals surface area contributed by atoms with E-state index >= 15 is 0 Å². The fourth-order valence-electron chi connectivity index (χ4n) is 0.557. The molecule has 0 aromatic carbocycles. The number of methoxy groups -OCH3 is 1. The van der Waals surface area contributed by atoms with Crippen LogP contribution in [0, 0.1) is 5.92 Å². The van der Waals surface area contributed by atoms with Crippen LogP contribution in [0.25, 0.3) is 0 Å². The zero-order chi connectivity index (χ0) is 7.98. The number of primary amides is 1. The third-order valence-corrected chi connectivity index (χ3v) is 0.961. The molecule has 60 valence electrons. The van der Waals surface area contributed by atoms with Crippen LogP contribution in [0.1, 0.15) is 6.92 Å². The van der Waals surface area contributed by atoms with Gasteiger partial charge in [0.1, 0.15) is 0 Å². The van der Waals surface area contributed by atoms with Gasteiger partial charge in [-0.25, -0.2) is 4.79 Å². The van der Waals surface area contributed by atoms with Gasteiger partial charge in [0.05, 0.1) is 13.2 Å². The Hall–Kier alpha value is -0.770. The first-order chi connectivity index (χ1) is 4.66.